The molecule has 76 heavy (non-hydrogen) atoms. The first kappa shape index (κ1) is 50.3. The lowest BCUT2D eigenvalue weighted by atomic mass is 9.33. The lowest BCUT2D eigenvalue weighted by Gasteiger charge is -2.53. The van der Waals surface area contributed by atoms with Crippen LogP contribution in [0, 0.1) is 0 Å². The molecule has 6 aromatic carbocycles. The van der Waals surface area contributed by atoms with E-state index in [0.29, 0.717) is 0 Å². The molecule has 4 bridgehead atoms. The quantitative estimate of drug-likeness (QED) is 0.153. The summed E-state index contributed by atoms with van der Waals surface area (Å²) in [5, 5.41) is 2.81. The summed E-state index contributed by atoms with van der Waals surface area (Å²) in [6.45, 7) is 47.1. The summed E-state index contributed by atoms with van der Waals surface area (Å²) in [4.78, 5) is 5.37. The van der Waals surface area contributed by atoms with Crippen LogP contribution in [0.1, 0.15) is 201 Å². The third-order valence-electron chi connectivity index (χ3n) is 21.7. The van der Waals surface area contributed by atoms with E-state index < -0.39 is 8.07 Å². The highest BCUT2D eigenvalue weighted by Crippen LogP contribution is 2.57. The standard InChI is InChI=1S/C71H85BN2OSi/c1-64(2,3)43-22-27-56-47(34-43)42-20-24-46(25-21-42)76(18,19)71(17)33-32-70(15,16)52-39-55-57(40-54(52)71)74(56)59-36-44(65(4,5)6)35-58-62(59)72(55)61-48-38-51-53(69(13,14)31-30-68(51,11)12)41-60(48)75-63(61)73(58)45-23-26-49-50(37-45)67(9,10)29-28-66(49,7)8/h20-27,34-41H,28-33H2,1-19H3. The summed E-state index contributed by atoms with van der Waals surface area (Å²) in [5.41, 5.74) is 25.6. The highest BCUT2D eigenvalue weighted by molar-refractivity contribution is 7.01. The Labute approximate surface area is 458 Å². The van der Waals surface area contributed by atoms with Crippen LogP contribution in [0.3, 0.4) is 0 Å². The predicted molar refractivity (Wildman–Crippen MR) is 330 cm³/mol. The molecule has 392 valence electrons. The van der Waals surface area contributed by atoms with E-state index in [9.17, 15) is 0 Å². The summed E-state index contributed by atoms with van der Waals surface area (Å²) >= 11 is 0. The monoisotopic (exact) mass is 1020 g/mol. The van der Waals surface area contributed by atoms with Gasteiger partial charge in [0.25, 0.3) is 6.71 Å². The van der Waals surface area contributed by atoms with Crippen LogP contribution < -0.4 is 31.4 Å². The number of benzene rings is 6. The van der Waals surface area contributed by atoms with E-state index in [-0.39, 0.29) is 49.7 Å². The molecule has 1 unspecified atom stereocenters. The summed E-state index contributed by atoms with van der Waals surface area (Å²) in [6.07, 6.45) is 6.99. The van der Waals surface area contributed by atoms with Gasteiger partial charge in [-0.25, -0.2) is 0 Å². The van der Waals surface area contributed by atoms with E-state index >= 15 is 0 Å². The lowest BCUT2D eigenvalue weighted by molar-refractivity contribution is 0.332. The molecule has 7 aromatic rings. The van der Waals surface area contributed by atoms with Crippen LogP contribution >= 0.6 is 0 Å². The van der Waals surface area contributed by atoms with Crippen molar-refractivity contribution < 1.29 is 4.42 Å². The number of rotatable bonds is 1. The minimum absolute atomic E-state index is 0.0000138. The Morgan fingerprint density at radius 1 is 0.461 bits per heavy atom. The Hall–Kier alpha value is -5.26. The third-order valence-corrected chi connectivity index (χ3v) is 26.8. The number of hydrogen-bond acceptors (Lipinski definition) is 3. The van der Waals surface area contributed by atoms with Crippen molar-refractivity contribution in [2.45, 2.75) is 212 Å². The smallest absolute Gasteiger partial charge is 0.257 e. The Morgan fingerprint density at radius 3 is 1.61 bits per heavy atom. The molecule has 0 saturated carbocycles. The Balaban J connectivity index is 1.23. The molecule has 3 nitrogen and oxygen atoms in total. The molecule has 0 fully saturated rings. The predicted octanol–water partition coefficient (Wildman–Crippen LogP) is 17.3. The molecule has 0 spiro atoms. The van der Waals surface area contributed by atoms with Crippen molar-refractivity contribution in [2.24, 2.45) is 0 Å². The molecule has 5 heterocycles. The van der Waals surface area contributed by atoms with Crippen molar-refractivity contribution in [3.05, 3.63) is 142 Å². The zero-order valence-electron chi connectivity index (χ0n) is 49.9. The van der Waals surface area contributed by atoms with E-state index in [1.54, 1.807) is 10.8 Å². The van der Waals surface area contributed by atoms with Crippen LogP contribution in [0.15, 0.2) is 101 Å². The zero-order valence-corrected chi connectivity index (χ0v) is 50.9. The van der Waals surface area contributed by atoms with Gasteiger partial charge in [0.15, 0.2) is 0 Å². The maximum absolute atomic E-state index is 7.79. The molecule has 1 atom stereocenters. The molecule has 0 saturated heterocycles. The Morgan fingerprint density at radius 2 is 1.00 bits per heavy atom. The fourth-order valence-electron chi connectivity index (χ4n) is 15.6. The highest BCUT2D eigenvalue weighted by Gasteiger charge is 2.54. The number of hydrogen-bond donors (Lipinski definition) is 0. The second-order valence-electron chi connectivity index (χ2n) is 31.1. The minimum Gasteiger partial charge on any atom is -0.440 e. The van der Waals surface area contributed by atoms with Crippen molar-refractivity contribution in [3.8, 4) is 11.1 Å². The molecule has 0 N–H and O–H groups in total. The summed E-state index contributed by atoms with van der Waals surface area (Å²) < 4.78 is 7.79. The van der Waals surface area contributed by atoms with Gasteiger partial charge in [-0.3, -0.25) is 4.90 Å². The van der Waals surface area contributed by atoms with Crippen LogP contribution in [-0.2, 0) is 42.9 Å². The summed E-state index contributed by atoms with van der Waals surface area (Å²) in [6, 6.07) is 40.8. The Bertz CT molecular complexity index is 3660. The number of fused-ring (bicyclic) bond motifs is 9. The van der Waals surface area contributed by atoms with Crippen LogP contribution in [0.2, 0.25) is 13.1 Å². The summed E-state index contributed by atoms with van der Waals surface area (Å²) in [7, 11) is -2.18. The second-order valence-corrected chi connectivity index (χ2v) is 36.1. The Kier molecular flexibility index (Phi) is 10.1. The molecule has 4 aliphatic heterocycles. The molecular weight excluding hydrogens is 936 g/mol. The van der Waals surface area contributed by atoms with Gasteiger partial charge in [-0.15, -0.1) is 0 Å². The van der Waals surface area contributed by atoms with E-state index in [1.165, 1.54) is 113 Å². The maximum atomic E-state index is 7.79. The van der Waals surface area contributed by atoms with Crippen molar-refractivity contribution in [1.29, 1.82) is 0 Å². The first-order valence-electron chi connectivity index (χ1n) is 29.2. The van der Waals surface area contributed by atoms with Crippen molar-refractivity contribution in [3.63, 3.8) is 0 Å². The van der Waals surface area contributed by atoms with Gasteiger partial charge in [0, 0.05) is 39.2 Å². The number of anilines is 6. The average Bonchev–Trinajstić information content (AvgIpc) is 3.89. The average molecular weight is 1020 g/mol. The number of furan rings is 1. The van der Waals surface area contributed by atoms with Crippen LogP contribution in [0.25, 0.3) is 22.1 Å². The van der Waals surface area contributed by atoms with Gasteiger partial charge in [-0.2, -0.15) is 0 Å². The van der Waals surface area contributed by atoms with Gasteiger partial charge in [0.1, 0.15) is 5.58 Å². The topological polar surface area (TPSA) is 19.6 Å². The van der Waals surface area contributed by atoms with Crippen molar-refractivity contribution in [2.75, 3.05) is 9.80 Å². The van der Waals surface area contributed by atoms with Gasteiger partial charge in [-0.05, 0) is 197 Å². The van der Waals surface area contributed by atoms with Crippen molar-refractivity contribution >= 4 is 81.7 Å². The molecule has 5 heteroatoms. The fraction of sp³-hybridized carbons (Fsp3) is 0.465. The molecule has 7 aliphatic rings. The third kappa shape index (κ3) is 6.84. The highest BCUT2D eigenvalue weighted by atomic mass is 28.3. The van der Waals surface area contributed by atoms with Gasteiger partial charge < -0.3 is 9.32 Å². The first-order valence-corrected chi connectivity index (χ1v) is 32.2. The van der Waals surface area contributed by atoms with Crippen LogP contribution in [0.5, 0.6) is 0 Å². The van der Waals surface area contributed by atoms with E-state index in [0.717, 1.165) is 37.2 Å². The molecule has 0 amide bonds. The molecule has 14 rings (SSSR count). The van der Waals surface area contributed by atoms with E-state index in [2.05, 4.69) is 238 Å². The number of nitrogens with zero attached hydrogens (tertiary/aromatic N) is 2. The summed E-state index contributed by atoms with van der Waals surface area (Å²) in [5.74, 6) is 0.981. The fourth-order valence-corrected chi connectivity index (χ4v) is 18.9. The molecule has 1 aromatic heterocycles. The largest absolute Gasteiger partial charge is 0.440 e. The second kappa shape index (κ2) is 15.3. The minimum atomic E-state index is -2.18. The lowest BCUT2D eigenvalue weighted by Crippen LogP contribution is -2.63. The van der Waals surface area contributed by atoms with Crippen LogP contribution in [0.4, 0.5) is 34.3 Å². The van der Waals surface area contributed by atoms with Gasteiger partial charge >= 0.3 is 0 Å². The SMILES string of the molecule is CC(C)(C)c1ccc2c(c1)-c1ccc(cc1)[Si](C)(C)C1(C)CCC(C)(C)c3cc4c(cc31)N2c1cc(C(C)(C)C)cc2c1B4c1c(oc3cc4c(cc13)C(C)(C)CCC4(C)C)N2c1ccc2c(c1)C(C)(C)CCC2(C)C. The molecular formula is C71H85BN2OSi. The van der Waals surface area contributed by atoms with E-state index in [4.69, 9.17) is 4.42 Å². The zero-order chi connectivity index (χ0) is 54.2. The van der Waals surface area contributed by atoms with Gasteiger partial charge in [0.05, 0.1) is 13.8 Å². The molecule has 0 radical (unpaired) electrons. The molecule has 3 aliphatic carbocycles. The maximum Gasteiger partial charge on any atom is 0.257 e. The van der Waals surface area contributed by atoms with Gasteiger partial charge in [0.2, 0.25) is 5.88 Å². The van der Waals surface area contributed by atoms with E-state index in [1.807, 2.05) is 0 Å². The normalized spacial score (nSPS) is 22.4. The van der Waals surface area contributed by atoms with Gasteiger partial charge in [-0.1, -0.05) is 178 Å². The first-order chi connectivity index (χ1) is 35.3. The van der Waals surface area contributed by atoms with Crippen molar-refractivity contribution in [1.82, 2.24) is 0 Å². The van der Waals surface area contributed by atoms with Crippen LogP contribution in [-0.4, -0.2) is 14.8 Å².